The molecule has 0 N–H and O–H groups in total. The van der Waals surface area contributed by atoms with Gasteiger partial charge in [0.1, 0.15) is 0 Å². The fourth-order valence-electron chi connectivity index (χ4n) is 4.19. The van der Waals surface area contributed by atoms with Gasteiger partial charge in [0.05, 0.1) is 14.2 Å². The van der Waals surface area contributed by atoms with Crippen LogP contribution in [0.2, 0.25) is 0 Å². The van der Waals surface area contributed by atoms with Crippen LogP contribution in [0.15, 0.2) is 30.3 Å². The lowest BCUT2D eigenvalue weighted by molar-refractivity contribution is 0.172. The number of hydrogen-bond acceptors (Lipinski definition) is 4. The Balaban J connectivity index is 1.89. The van der Waals surface area contributed by atoms with Crippen molar-refractivity contribution in [3.8, 4) is 23.0 Å². The number of ether oxygens (including phenoxy) is 4. The SMILES string of the molecule is COc1ccc(C2c3c(ccc4c3OCO4)CC(C)C2C)cc1OC. The number of benzene rings is 2. The van der Waals surface area contributed by atoms with Gasteiger partial charge in [0, 0.05) is 11.5 Å². The summed E-state index contributed by atoms with van der Waals surface area (Å²) in [4.78, 5) is 0. The van der Waals surface area contributed by atoms with Gasteiger partial charge in [0.2, 0.25) is 6.79 Å². The zero-order valence-corrected chi connectivity index (χ0v) is 15.2. The first-order chi connectivity index (χ1) is 12.1. The molecule has 4 nitrogen and oxygen atoms in total. The quantitative estimate of drug-likeness (QED) is 0.830. The minimum Gasteiger partial charge on any atom is -0.493 e. The Morgan fingerprint density at radius 3 is 2.52 bits per heavy atom. The van der Waals surface area contributed by atoms with Crippen molar-refractivity contribution in [3.63, 3.8) is 0 Å². The molecule has 2 aliphatic rings. The monoisotopic (exact) mass is 340 g/mol. The first kappa shape index (κ1) is 16.1. The van der Waals surface area contributed by atoms with E-state index in [1.54, 1.807) is 14.2 Å². The van der Waals surface area contributed by atoms with Gasteiger partial charge >= 0.3 is 0 Å². The summed E-state index contributed by atoms with van der Waals surface area (Å²) < 4.78 is 22.4. The zero-order valence-electron chi connectivity index (χ0n) is 15.2. The van der Waals surface area contributed by atoms with Crippen LogP contribution >= 0.6 is 0 Å². The smallest absolute Gasteiger partial charge is 0.231 e. The lowest BCUT2D eigenvalue weighted by atomic mass is 9.67. The molecule has 3 atom stereocenters. The molecule has 132 valence electrons. The summed E-state index contributed by atoms with van der Waals surface area (Å²) in [6.07, 6.45) is 1.07. The van der Waals surface area contributed by atoms with Crippen LogP contribution in [-0.2, 0) is 6.42 Å². The summed E-state index contributed by atoms with van der Waals surface area (Å²) in [5.74, 6) is 4.60. The molecule has 25 heavy (non-hydrogen) atoms. The highest BCUT2D eigenvalue weighted by Gasteiger charge is 2.37. The van der Waals surface area contributed by atoms with Gasteiger partial charge in [0.15, 0.2) is 23.0 Å². The van der Waals surface area contributed by atoms with Crippen molar-refractivity contribution in [2.75, 3.05) is 21.0 Å². The van der Waals surface area contributed by atoms with Crippen LogP contribution in [0.25, 0.3) is 0 Å². The predicted molar refractivity (Wildman–Crippen MR) is 96.0 cm³/mol. The average Bonchev–Trinajstić information content (AvgIpc) is 3.11. The number of hydrogen-bond donors (Lipinski definition) is 0. The van der Waals surface area contributed by atoms with Crippen LogP contribution < -0.4 is 18.9 Å². The van der Waals surface area contributed by atoms with Crippen molar-refractivity contribution in [2.24, 2.45) is 11.8 Å². The van der Waals surface area contributed by atoms with Crippen molar-refractivity contribution >= 4 is 0 Å². The van der Waals surface area contributed by atoms with Gasteiger partial charge in [-0.25, -0.2) is 0 Å². The molecule has 0 amide bonds. The Labute approximate surface area is 148 Å². The first-order valence-corrected chi connectivity index (χ1v) is 8.77. The Bertz CT molecular complexity index is 799. The molecule has 1 aliphatic carbocycles. The molecule has 0 radical (unpaired) electrons. The second-order valence-electron chi connectivity index (χ2n) is 7.00. The zero-order chi connectivity index (χ0) is 17.6. The summed E-state index contributed by atoms with van der Waals surface area (Å²) in [5, 5.41) is 0. The number of fused-ring (bicyclic) bond motifs is 3. The van der Waals surface area contributed by atoms with E-state index in [4.69, 9.17) is 18.9 Å². The van der Waals surface area contributed by atoms with Gasteiger partial charge in [-0.05, 0) is 47.6 Å². The van der Waals surface area contributed by atoms with Crippen molar-refractivity contribution in [3.05, 3.63) is 47.0 Å². The maximum atomic E-state index is 5.86. The molecule has 3 unspecified atom stereocenters. The molecule has 0 spiro atoms. The highest BCUT2D eigenvalue weighted by molar-refractivity contribution is 5.58. The molecule has 0 bridgehead atoms. The van der Waals surface area contributed by atoms with Crippen LogP contribution in [0.1, 0.15) is 36.5 Å². The van der Waals surface area contributed by atoms with Crippen molar-refractivity contribution in [2.45, 2.75) is 26.2 Å². The van der Waals surface area contributed by atoms with Gasteiger partial charge in [-0.1, -0.05) is 26.0 Å². The number of methoxy groups -OCH3 is 2. The summed E-state index contributed by atoms with van der Waals surface area (Å²) >= 11 is 0. The van der Waals surface area contributed by atoms with E-state index in [-0.39, 0.29) is 5.92 Å². The van der Waals surface area contributed by atoms with Gasteiger partial charge in [-0.2, -0.15) is 0 Å². The van der Waals surface area contributed by atoms with Crippen LogP contribution in [0.3, 0.4) is 0 Å². The highest BCUT2D eigenvalue weighted by atomic mass is 16.7. The maximum absolute atomic E-state index is 5.86. The van der Waals surface area contributed by atoms with Crippen LogP contribution in [0.5, 0.6) is 23.0 Å². The molecule has 0 fully saturated rings. The van der Waals surface area contributed by atoms with Gasteiger partial charge in [-0.3, -0.25) is 0 Å². The summed E-state index contributed by atoms with van der Waals surface area (Å²) in [6.45, 7) is 4.95. The summed E-state index contributed by atoms with van der Waals surface area (Å²) in [7, 11) is 3.34. The van der Waals surface area contributed by atoms with E-state index in [0.717, 1.165) is 29.4 Å². The van der Waals surface area contributed by atoms with E-state index in [1.807, 2.05) is 12.1 Å². The Morgan fingerprint density at radius 1 is 0.960 bits per heavy atom. The first-order valence-electron chi connectivity index (χ1n) is 8.77. The Kier molecular flexibility index (Phi) is 3.98. The molecule has 1 aliphatic heterocycles. The molecule has 4 heteroatoms. The average molecular weight is 340 g/mol. The molecule has 2 aromatic rings. The molecular weight excluding hydrogens is 316 g/mol. The minimum atomic E-state index is 0.246. The molecule has 0 saturated carbocycles. The van der Waals surface area contributed by atoms with E-state index >= 15 is 0 Å². The Morgan fingerprint density at radius 2 is 1.76 bits per heavy atom. The van der Waals surface area contributed by atoms with Gasteiger partial charge in [-0.15, -0.1) is 0 Å². The molecule has 1 heterocycles. The fraction of sp³-hybridized carbons (Fsp3) is 0.429. The van der Waals surface area contributed by atoms with Crippen molar-refractivity contribution < 1.29 is 18.9 Å². The third-order valence-corrected chi connectivity index (χ3v) is 5.71. The van der Waals surface area contributed by atoms with Crippen LogP contribution in [0, 0.1) is 11.8 Å². The van der Waals surface area contributed by atoms with E-state index in [9.17, 15) is 0 Å². The minimum absolute atomic E-state index is 0.246. The molecular formula is C21H24O4. The van der Waals surface area contributed by atoms with Crippen LogP contribution in [0.4, 0.5) is 0 Å². The second-order valence-corrected chi connectivity index (χ2v) is 7.00. The summed E-state index contributed by atoms with van der Waals surface area (Å²) in [6, 6.07) is 10.4. The van der Waals surface area contributed by atoms with E-state index in [1.165, 1.54) is 16.7 Å². The fourth-order valence-corrected chi connectivity index (χ4v) is 4.19. The summed E-state index contributed by atoms with van der Waals surface area (Å²) in [5.41, 5.74) is 3.85. The van der Waals surface area contributed by atoms with E-state index in [2.05, 4.69) is 32.0 Å². The van der Waals surface area contributed by atoms with Crippen molar-refractivity contribution in [1.29, 1.82) is 0 Å². The Hall–Kier alpha value is -2.36. The normalized spacial score (nSPS) is 23.9. The van der Waals surface area contributed by atoms with Gasteiger partial charge in [0.25, 0.3) is 0 Å². The second kappa shape index (κ2) is 6.17. The topological polar surface area (TPSA) is 36.9 Å². The maximum Gasteiger partial charge on any atom is 0.231 e. The molecule has 0 saturated heterocycles. The highest BCUT2D eigenvalue weighted by Crippen LogP contribution is 2.52. The third-order valence-electron chi connectivity index (χ3n) is 5.71. The predicted octanol–water partition coefficient (Wildman–Crippen LogP) is 4.39. The lowest BCUT2D eigenvalue weighted by Crippen LogP contribution is -2.27. The lowest BCUT2D eigenvalue weighted by Gasteiger charge is -2.37. The number of rotatable bonds is 3. The molecule has 2 aromatic carbocycles. The third kappa shape index (κ3) is 2.51. The van der Waals surface area contributed by atoms with Gasteiger partial charge < -0.3 is 18.9 Å². The standard InChI is InChI=1S/C21H24O4/c1-12-9-14-6-8-17-21(25-11-24-17)20(14)19(13(12)2)15-5-7-16(22-3)18(10-15)23-4/h5-8,10,12-13,19H,9,11H2,1-4H3. The van der Waals surface area contributed by atoms with Crippen molar-refractivity contribution in [1.82, 2.24) is 0 Å². The van der Waals surface area contributed by atoms with E-state index in [0.29, 0.717) is 18.6 Å². The molecule has 4 rings (SSSR count). The molecule has 0 aromatic heterocycles. The largest absolute Gasteiger partial charge is 0.493 e. The van der Waals surface area contributed by atoms with Crippen LogP contribution in [-0.4, -0.2) is 21.0 Å². The van der Waals surface area contributed by atoms with E-state index < -0.39 is 0 Å².